The van der Waals surface area contributed by atoms with Crippen molar-refractivity contribution in [2.45, 2.75) is 12.5 Å². The van der Waals surface area contributed by atoms with Gasteiger partial charge in [0.1, 0.15) is 17.5 Å². The van der Waals surface area contributed by atoms with E-state index in [9.17, 15) is 13.2 Å². The molecule has 0 saturated carbocycles. The van der Waals surface area contributed by atoms with Gasteiger partial charge in [0.25, 0.3) is 0 Å². The maximum absolute atomic E-state index is 13.9. The normalized spacial score (nSPS) is 12.5. The first-order valence-corrected chi connectivity index (χ1v) is 6.93. The molecule has 0 spiro atoms. The van der Waals surface area contributed by atoms with Crippen molar-refractivity contribution >= 4 is 23.2 Å². The summed E-state index contributed by atoms with van der Waals surface area (Å²) in [5.41, 5.74) is 0.447. The van der Waals surface area contributed by atoms with E-state index in [0.717, 1.165) is 12.1 Å². The summed E-state index contributed by atoms with van der Waals surface area (Å²) >= 11 is 11.2. The average Bonchev–Trinajstić information content (AvgIpc) is 2.43. The summed E-state index contributed by atoms with van der Waals surface area (Å²) in [5.74, 6) is -1.85. The van der Waals surface area contributed by atoms with Crippen LogP contribution >= 0.6 is 23.2 Å². The van der Waals surface area contributed by atoms with Crippen molar-refractivity contribution in [1.29, 1.82) is 0 Å². The van der Waals surface area contributed by atoms with Crippen LogP contribution in [0.5, 0.6) is 0 Å². The van der Waals surface area contributed by atoms with Crippen LogP contribution in [0.1, 0.15) is 17.2 Å². The lowest BCUT2D eigenvalue weighted by Crippen LogP contribution is -2.21. The van der Waals surface area contributed by atoms with Gasteiger partial charge in [-0.3, -0.25) is 0 Å². The van der Waals surface area contributed by atoms with Gasteiger partial charge in [-0.15, -0.1) is 0 Å². The van der Waals surface area contributed by atoms with Crippen molar-refractivity contribution in [3.05, 3.63) is 69.0 Å². The molecule has 0 bridgehead atoms. The van der Waals surface area contributed by atoms with E-state index in [0.29, 0.717) is 5.56 Å². The molecular formula is C15H12Cl2F3N. The first kappa shape index (κ1) is 16.1. The fourth-order valence-electron chi connectivity index (χ4n) is 2.08. The third-order valence-corrected chi connectivity index (χ3v) is 3.73. The van der Waals surface area contributed by atoms with Crippen molar-refractivity contribution in [1.82, 2.24) is 5.32 Å². The third kappa shape index (κ3) is 3.70. The zero-order valence-corrected chi connectivity index (χ0v) is 12.6. The lowest BCUT2D eigenvalue weighted by Gasteiger charge is -2.18. The van der Waals surface area contributed by atoms with Gasteiger partial charge in [0.05, 0.1) is 5.02 Å². The van der Waals surface area contributed by atoms with E-state index in [1.54, 1.807) is 13.1 Å². The fourth-order valence-corrected chi connectivity index (χ4v) is 2.39. The van der Waals surface area contributed by atoms with E-state index in [-0.39, 0.29) is 22.0 Å². The Morgan fingerprint density at radius 2 is 1.71 bits per heavy atom. The van der Waals surface area contributed by atoms with Gasteiger partial charge in [-0.05, 0) is 43.3 Å². The molecule has 6 heteroatoms. The monoisotopic (exact) mass is 333 g/mol. The zero-order chi connectivity index (χ0) is 15.6. The van der Waals surface area contributed by atoms with Crippen molar-refractivity contribution in [3.8, 4) is 0 Å². The van der Waals surface area contributed by atoms with Crippen LogP contribution in [-0.4, -0.2) is 7.05 Å². The number of hydrogen-bond acceptors (Lipinski definition) is 1. The number of hydrogen-bond donors (Lipinski definition) is 1. The summed E-state index contributed by atoms with van der Waals surface area (Å²) in [6, 6.07) is 5.59. The van der Waals surface area contributed by atoms with Crippen LogP contribution in [0.2, 0.25) is 10.0 Å². The molecule has 0 radical (unpaired) electrons. The van der Waals surface area contributed by atoms with Crippen LogP contribution < -0.4 is 5.32 Å². The highest BCUT2D eigenvalue weighted by Crippen LogP contribution is 2.27. The third-order valence-electron chi connectivity index (χ3n) is 3.20. The number of halogens is 5. The molecule has 1 N–H and O–H groups in total. The van der Waals surface area contributed by atoms with Gasteiger partial charge in [0.15, 0.2) is 0 Å². The van der Waals surface area contributed by atoms with E-state index in [4.69, 9.17) is 23.2 Å². The highest BCUT2D eigenvalue weighted by Gasteiger charge is 2.19. The van der Waals surface area contributed by atoms with Crippen LogP contribution in [0.4, 0.5) is 13.2 Å². The number of nitrogens with one attached hydrogen (secondary N) is 1. The maximum atomic E-state index is 13.9. The van der Waals surface area contributed by atoms with Gasteiger partial charge in [-0.1, -0.05) is 29.3 Å². The second-order valence-electron chi connectivity index (χ2n) is 4.57. The lowest BCUT2D eigenvalue weighted by atomic mass is 9.98. The molecule has 0 heterocycles. The predicted octanol–water partition coefficient (Wildman–Crippen LogP) is 4.91. The van der Waals surface area contributed by atoms with Crippen LogP contribution in [0.15, 0.2) is 30.3 Å². The largest absolute Gasteiger partial charge is 0.313 e. The van der Waals surface area contributed by atoms with Gasteiger partial charge in [0, 0.05) is 16.6 Å². The summed E-state index contributed by atoms with van der Waals surface area (Å²) in [6.07, 6.45) is 0.150. The second-order valence-corrected chi connectivity index (χ2v) is 5.41. The molecular weight excluding hydrogens is 322 g/mol. The minimum atomic E-state index is -0.718. The van der Waals surface area contributed by atoms with Crippen LogP contribution in [0.3, 0.4) is 0 Å². The van der Waals surface area contributed by atoms with Crippen molar-refractivity contribution < 1.29 is 13.2 Å². The Bertz CT molecular complexity index is 662. The molecule has 0 fully saturated rings. The maximum Gasteiger partial charge on any atom is 0.142 e. The van der Waals surface area contributed by atoms with E-state index >= 15 is 0 Å². The Hall–Kier alpha value is -1.23. The van der Waals surface area contributed by atoms with Gasteiger partial charge in [-0.2, -0.15) is 0 Å². The highest BCUT2D eigenvalue weighted by atomic mass is 35.5. The van der Waals surface area contributed by atoms with E-state index < -0.39 is 23.5 Å². The topological polar surface area (TPSA) is 12.0 Å². The van der Waals surface area contributed by atoms with Gasteiger partial charge in [-0.25, -0.2) is 13.2 Å². The summed E-state index contributed by atoms with van der Waals surface area (Å²) < 4.78 is 41.2. The molecule has 2 aromatic rings. The molecule has 112 valence electrons. The lowest BCUT2D eigenvalue weighted by molar-refractivity contribution is 0.511. The van der Waals surface area contributed by atoms with E-state index in [1.165, 1.54) is 12.1 Å². The number of likely N-dealkylation sites (N-methyl/N-ethyl adjacent to an activating group) is 1. The second kappa shape index (κ2) is 6.69. The average molecular weight is 334 g/mol. The Balaban J connectivity index is 2.34. The first-order chi connectivity index (χ1) is 9.92. The standard InChI is InChI=1S/C15H12Cl2F3N/c1-21-15(4-8-2-3-9(16)5-12(8)18)10-6-14(20)11(17)7-13(10)19/h2-3,5-7,15,21H,4H2,1H3. The van der Waals surface area contributed by atoms with Gasteiger partial charge in [0.2, 0.25) is 0 Å². The van der Waals surface area contributed by atoms with E-state index in [2.05, 4.69) is 5.32 Å². The molecule has 0 aliphatic carbocycles. The van der Waals surface area contributed by atoms with Gasteiger partial charge >= 0.3 is 0 Å². The molecule has 0 aliphatic rings. The molecule has 1 unspecified atom stereocenters. The van der Waals surface area contributed by atoms with Crippen LogP contribution in [0, 0.1) is 17.5 Å². The first-order valence-electron chi connectivity index (χ1n) is 6.18. The number of rotatable bonds is 4. The Morgan fingerprint density at radius 3 is 2.33 bits per heavy atom. The van der Waals surface area contributed by atoms with Crippen molar-refractivity contribution in [3.63, 3.8) is 0 Å². The summed E-state index contributed by atoms with van der Waals surface area (Å²) in [4.78, 5) is 0. The highest BCUT2D eigenvalue weighted by molar-refractivity contribution is 6.30. The summed E-state index contributed by atoms with van der Waals surface area (Å²) in [5, 5.41) is 2.84. The number of benzene rings is 2. The zero-order valence-electron chi connectivity index (χ0n) is 11.1. The molecule has 0 aromatic heterocycles. The molecule has 2 rings (SSSR count). The summed E-state index contributed by atoms with van der Waals surface area (Å²) in [7, 11) is 1.59. The molecule has 1 atom stereocenters. The predicted molar refractivity (Wildman–Crippen MR) is 78.3 cm³/mol. The Morgan fingerprint density at radius 1 is 1.00 bits per heavy atom. The quantitative estimate of drug-likeness (QED) is 0.783. The smallest absolute Gasteiger partial charge is 0.142 e. The molecule has 1 nitrogen and oxygen atoms in total. The van der Waals surface area contributed by atoms with E-state index in [1.807, 2.05) is 0 Å². The SMILES string of the molecule is CNC(Cc1ccc(Cl)cc1F)c1cc(F)c(Cl)cc1F. The summed E-state index contributed by atoms with van der Waals surface area (Å²) in [6.45, 7) is 0. The minimum absolute atomic E-state index is 0.0914. The molecule has 21 heavy (non-hydrogen) atoms. The Kier molecular flexibility index (Phi) is 5.14. The molecule has 2 aromatic carbocycles. The van der Waals surface area contributed by atoms with Gasteiger partial charge < -0.3 is 5.32 Å². The van der Waals surface area contributed by atoms with Crippen LogP contribution in [0.25, 0.3) is 0 Å². The van der Waals surface area contributed by atoms with Crippen molar-refractivity contribution in [2.24, 2.45) is 0 Å². The van der Waals surface area contributed by atoms with Crippen LogP contribution in [-0.2, 0) is 6.42 Å². The molecule has 0 aliphatic heterocycles. The molecule has 0 saturated heterocycles. The minimum Gasteiger partial charge on any atom is -0.313 e. The fraction of sp³-hybridized carbons (Fsp3) is 0.200. The van der Waals surface area contributed by atoms with Crippen molar-refractivity contribution in [2.75, 3.05) is 7.05 Å². The molecule has 0 amide bonds. The Labute approximate surface area is 130 Å².